The second kappa shape index (κ2) is 10.1. The van der Waals surface area contributed by atoms with Crippen molar-refractivity contribution in [1.29, 1.82) is 0 Å². The number of hydrogen-bond acceptors (Lipinski definition) is 5. The number of benzene rings is 1. The van der Waals surface area contributed by atoms with E-state index in [9.17, 15) is 0 Å². The van der Waals surface area contributed by atoms with Crippen LogP contribution in [0.15, 0.2) is 29.6 Å². The Labute approximate surface area is 185 Å². The lowest BCUT2D eigenvalue weighted by Gasteiger charge is -2.40. The third kappa shape index (κ3) is 4.78. The number of ether oxygens (including phenoxy) is 2. The second-order valence-corrected chi connectivity index (χ2v) is 9.68. The van der Waals surface area contributed by atoms with Crippen molar-refractivity contribution in [3.63, 3.8) is 0 Å². The molecule has 4 rings (SSSR count). The summed E-state index contributed by atoms with van der Waals surface area (Å²) in [6.07, 6.45) is 7.36. The van der Waals surface area contributed by atoms with Crippen LogP contribution in [0, 0.1) is 5.92 Å². The minimum atomic E-state index is 0.644. The van der Waals surface area contributed by atoms with Gasteiger partial charge in [-0.2, -0.15) is 0 Å². The maximum atomic E-state index is 5.57. The molecule has 1 aromatic carbocycles. The SMILES string of the molecule is CCCN(CC1CCN(c2cccs2)CC1)C1CCc2cc(OC)c(OC)cc2C1. The number of methoxy groups -OCH3 is 2. The van der Waals surface area contributed by atoms with Crippen LogP contribution in [0.1, 0.15) is 43.7 Å². The standard InChI is InChI=1S/C25H36N2O2S/c1-4-11-27(18-19-9-12-26(13-10-19)25-6-5-14-30-25)22-8-7-20-16-23(28-2)24(29-3)17-21(20)15-22/h5-6,14,16-17,19,22H,4,7-13,15,18H2,1-3H3. The first-order chi connectivity index (χ1) is 14.7. The normalized spacial score (nSPS) is 19.7. The molecular weight excluding hydrogens is 392 g/mol. The zero-order valence-electron chi connectivity index (χ0n) is 18.7. The first-order valence-corrected chi connectivity index (χ1v) is 12.4. The lowest BCUT2D eigenvalue weighted by Crippen LogP contribution is -2.45. The molecule has 1 aliphatic heterocycles. The molecule has 0 bridgehead atoms. The lowest BCUT2D eigenvalue weighted by atomic mass is 9.86. The molecule has 0 saturated carbocycles. The number of nitrogens with zero attached hydrogens (tertiary/aromatic N) is 2. The fourth-order valence-electron chi connectivity index (χ4n) is 5.20. The Morgan fingerprint density at radius 2 is 1.80 bits per heavy atom. The molecule has 1 aliphatic carbocycles. The van der Waals surface area contributed by atoms with Gasteiger partial charge in [0.05, 0.1) is 19.2 Å². The highest BCUT2D eigenvalue weighted by Gasteiger charge is 2.28. The maximum Gasteiger partial charge on any atom is 0.161 e. The Morgan fingerprint density at radius 3 is 2.43 bits per heavy atom. The molecule has 4 nitrogen and oxygen atoms in total. The average Bonchev–Trinajstić information content (AvgIpc) is 3.33. The van der Waals surface area contributed by atoms with Gasteiger partial charge >= 0.3 is 0 Å². The van der Waals surface area contributed by atoms with Crippen molar-refractivity contribution in [3.05, 3.63) is 40.8 Å². The maximum absolute atomic E-state index is 5.57. The van der Waals surface area contributed by atoms with Crippen LogP contribution in [0.25, 0.3) is 0 Å². The van der Waals surface area contributed by atoms with Gasteiger partial charge in [-0.25, -0.2) is 0 Å². The highest BCUT2D eigenvalue weighted by Crippen LogP contribution is 2.36. The van der Waals surface area contributed by atoms with Gasteiger partial charge in [-0.15, -0.1) is 11.3 Å². The van der Waals surface area contributed by atoms with E-state index in [1.807, 2.05) is 11.3 Å². The molecule has 5 heteroatoms. The summed E-state index contributed by atoms with van der Waals surface area (Å²) in [7, 11) is 3.46. The van der Waals surface area contributed by atoms with Gasteiger partial charge in [0, 0.05) is 25.7 Å². The highest BCUT2D eigenvalue weighted by atomic mass is 32.1. The Balaban J connectivity index is 1.39. The van der Waals surface area contributed by atoms with E-state index in [4.69, 9.17) is 9.47 Å². The third-order valence-electron chi connectivity index (χ3n) is 6.86. The van der Waals surface area contributed by atoms with E-state index >= 15 is 0 Å². The van der Waals surface area contributed by atoms with Gasteiger partial charge in [-0.05, 0) is 91.8 Å². The zero-order chi connectivity index (χ0) is 20.9. The van der Waals surface area contributed by atoms with Crippen LogP contribution >= 0.6 is 11.3 Å². The molecule has 1 saturated heterocycles. The number of thiophene rings is 1. The molecule has 1 unspecified atom stereocenters. The van der Waals surface area contributed by atoms with Crippen LogP contribution in [0.3, 0.4) is 0 Å². The molecule has 1 atom stereocenters. The first kappa shape index (κ1) is 21.5. The van der Waals surface area contributed by atoms with Crippen LogP contribution < -0.4 is 14.4 Å². The third-order valence-corrected chi connectivity index (χ3v) is 7.79. The highest BCUT2D eigenvalue weighted by molar-refractivity contribution is 7.14. The number of piperidine rings is 1. The summed E-state index contributed by atoms with van der Waals surface area (Å²) in [5.41, 5.74) is 2.88. The number of rotatable bonds is 8. The lowest BCUT2D eigenvalue weighted by molar-refractivity contribution is 0.142. The van der Waals surface area contributed by atoms with E-state index < -0.39 is 0 Å². The fourth-order valence-corrected chi connectivity index (χ4v) is 5.99. The Morgan fingerprint density at radius 1 is 1.07 bits per heavy atom. The van der Waals surface area contributed by atoms with Gasteiger partial charge in [0.15, 0.2) is 11.5 Å². The Hall–Kier alpha value is -1.72. The molecule has 0 amide bonds. The van der Waals surface area contributed by atoms with Crippen LogP contribution in [0.2, 0.25) is 0 Å². The molecule has 1 fully saturated rings. The molecule has 2 aliphatic rings. The van der Waals surface area contributed by atoms with E-state index in [0.717, 1.165) is 30.3 Å². The van der Waals surface area contributed by atoms with E-state index in [-0.39, 0.29) is 0 Å². The molecule has 0 radical (unpaired) electrons. The largest absolute Gasteiger partial charge is 0.493 e. The molecular formula is C25H36N2O2S. The molecule has 1 aromatic heterocycles. The summed E-state index contributed by atoms with van der Waals surface area (Å²) in [6, 6.07) is 9.47. The van der Waals surface area contributed by atoms with E-state index in [0.29, 0.717) is 6.04 Å². The predicted molar refractivity (Wildman–Crippen MR) is 126 cm³/mol. The summed E-state index contributed by atoms with van der Waals surface area (Å²) in [5, 5.41) is 3.63. The van der Waals surface area contributed by atoms with Crippen molar-refractivity contribution in [2.75, 3.05) is 45.3 Å². The Kier molecular flexibility index (Phi) is 7.21. The number of aryl methyl sites for hydroxylation is 1. The summed E-state index contributed by atoms with van der Waals surface area (Å²) in [6.45, 7) is 7.18. The summed E-state index contributed by atoms with van der Waals surface area (Å²) >= 11 is 1.87. The van der Waals surface area contributed by atoms with Gasteiger partial charge < -0.3 is 14.4 Å². The molecule has 2 heterocycles. The van der Waals surface area contributed by atoms with Crippen LogP contribution in [-0.4, -0.2) is 51.3 Å². The van der Waals surface area contributed by atoms with E-state index in [2.05, 4.69) is 46.4 Å². The minimum absolute atomic E-state index is 0.644. The number of fused-ring (bicyclic) bond motifs is 1. The molecule has 0 spiro atoms. The summed E-state index contributed by atoms with van der Waals surface area (Å²) < 4.78 is 11.1. The van der Waals surface area contributed by atoms with Crippen molar-refractivity contribution >= 4 is 16.3 Å². The van der Waals surface area contributed by atoms with Crippen LogP contribution in [-0.2, 0) is 12.8 Å². The predicted octanol–water partition coefficient (Wildman–Crippen LogP) is 5.25. The molecule has 0 N–H and O–H groups in total. The first-order valence-electron chi connectivity index (χ1n) is 11.5. The Bertz CT molecular complexity index is 800. The smallest absolute Gasteiger partial charge is 0.161 e. The van der Waals surface area contributed by atoms with Crippen molar-refractivity contribution < 1.29 is 9.47 Å². The minimum Gasteiger partial charge on any atom is -0.493 e. The van der Waals surface area contributed by atoms with Gasteiger partial charge in [0.2, 0.25) is 0 Å². The van der Waals surface area contributed by atoms with Crippen molar-refractivity contribution in [2.45, 2.75) is 51.5 Å². The van der Waals surface area contributed by atoms with Crippen LogP contribution in [0.4, 0.5) is 5.00 Å². The van der Waals surface area contributed by atoms with E-state index in [1.54, 1.807) is 14.2 Å². The van der Waals surface area contributed by atoms with Gasteiger partial charge in [0.25, 0.3) is 0 Å². The zero-order valence-corrected chi connectivity index (χ0v) is 19.5. The molecule has 164 valence electrons. The van der Waals surface area contributed by atoms with Crippen molar-refractivity contribution in [2.24, 2.45) is 5.92 Å². The fraction of sp³-hybridized carbons (Fsp3) is 0.600. The molecule has 30 heavy (non-hydrogen) atoms. The average molecular weight is 429 g/mol. The number of hydrogen-bond donors (Lipinski definition) is 0. The summed E-state index contributed by atoms with van der Waals surface area (Å²) in [4.78, 5) is 5.37. The van der Waals surface area contributed by atoms with Gasteiger partial charge in [-0.3, -0.25) is 4.90 Å². The van der Waals surface area contributed by atoms with Crippen molar-refractivity contribution in [3.8, 4) is 11.5 Å². The second-order valence-electron chi connectivity index (χ2n) is 8.75. The number of anilines is 1. The monoisotopic (exact) mass is 428 g/mol. The topological polar surface area (TPSA) is 24.9 Å². The quantitative estimate of drug-likeness (QED) is 0.573. The van der Waals surface area contributed by atoms with E-state index in [1.165, 1.54) is 68.0 Å². The molecule has 2 aromatic rings. The summed E-state index contributed by atoms with van der Waals surface area (Å²) in [5.74, 6) is 2.54. The van der Waals surface area contributed by atoms with Gasteiger partial charge in [0.1, 0.15) is 0 Å². The van der Waals surface area contributed by atoms with Crippen LogP contribution in [0.5, 0.6) is 11.5 Å². The van der Waals surface area contributed by atoms with Gasteiger partial charge in [-0.1, -0.05) is 6.92 Å². The van der Waals surface area contributed by atoms with Crippen molar-refractivity contribution in [1.82, 2.24) is 4.90 Å².